The smallest absolute Gasteiger partial charge is 0.306 e. The second kappa shape index (κ2) is 5.98. The van der Waals surface area contributed by atoms with Crippen LogP contribution in [-0.2, 0) is 17.6 Å². The largest absolute Gasteiger partial charge is 0.481 e. The molecule has 1 aliphatic rings. The lowest BCUT2D eigenvalue weighted by atomic mass is 9.88. The number of fused-ring (bicyclic) bond motifs is 4. The van der Waals surface area contributed by atoms with Crippen LogP contribution in [0.3, 0.4) is 0 Å². The molecule has 7 nitrogen and oxygen atoms in total. The van der Waals surface area contributed by atoms with Gasteiger partial charge in [0.25, 0.3) is 0 Å². The monoisotopic (exact) mass is 383 g/mol. The van der Waals surface area contributed by atoms with E-state index in [0.29, 0.717) is 36.3 Å². The lowest BCUT2D eigenvalue weighted by molar-refractivity contribution is -0.142. The highest BCUT2D eigenvalue weighted by molar-refractivity contribution is 7.19. The van der Waals surface area contributed by atoms with E-state index in [-0.39, 0.29) is 5.92 Å². The van der Waals surface area contributed by atoms with Gasteiger partial charge in [0.05, 0.1) is 28.7 Å². The van der Waals surface area contributed by atoms with Crippen LogP contribution in [0.2, 0.25) is 0 Å². The Labute approximate surface area is 156 Å². The molecule has 9 heteroatoms. The fourth-order valence-electron chi connectivity index (χ4n) is 3.60. The van der Waals surface area contributed by atoms with Gasteiger partial charge in [0.1, 0.15) is 22.8 Å². The van der Waals surface area contributed by atoms with Gasteiger partial charge in [0.15, 0.2) is 0 Å². The second-order valence-corrected chi connectivity index (χ2v) is 7.68. The third kappa shape index (κ3) is 2.62. The van der Waals surface area contributed by atoms with Crippen LogP contribution >= 0.6 is 11.3 Å². The summed E-state index contributed by atoms with van der Waals surface area (Å²) >= 11 is 1.49. The molecule has 4 aromatic rings. The van der Waals surface area contributed by atoms with E-state index in [1.54, 1.807) is 12.3 Å². The van der Waals surface area contributed by atoms with Crippen molar-refractivity contribution in [2.45, 2.75) is 19.3 Å². The molecular weight excluding hydrogens is 369 g/mol. The molecule has 0 spiro atoms. The zero-order chi connectivity index (χ0) is 18.5. The zero-order valence-electron chi connectivity index (χ0n) is 14.0. The number of aliphatic carboxylic acids is 1. The van der Waals surface area contributed by atoms with Gasteiger partial charge in [-0.2, -0.15) is 5.10 Å². The number of aromatic nitrogens is 4. The molecule has 3 heterocycles. The van der Waals surface area contributed by atoms with Crippen molar-refractivity contribution in [2.24, 2.45) is 5.92 Å². The van der Waals surface area contributed by atoms with Crippen LogP contribution in [0.1, 0.15) is 16.9 Å². The first-order chi connectivity index (χ1) is 13.1. The van der Waals surface area contributed by atoms with E-state index in [1.165, 1.54) is 23.7 Å². The van der Waals surface area contributed by atoms with Crippen molar-refractivity contribution in [3.05, 3.63) is 40.9 Å². The number of carbonyl (C=O) groups is 1. The Morgan fingerprint density at radius 1 is 1.37 bits per heavy atom. The highest BCUT2D eigenvalue weighted by Gasteiger charge is 2.29. The molecule has 0 radical (unpaired) electrons. The highest BCUT2D eigenvalue weighted by Crippen LogP contribution is 2.40. The lowest BCUT2D eigenvalue weighted by Gasteiger charge is -2.18. The quantitative estimate of drug-likeness (QED) is 0.499. The van der Waals surface area contributed by atoms with Crippen molar-refractivity contribution >= 4 is 49.9 Å². The number of hydrogen-bond donors (Lipinski definition) is 3. The van der Waals surface area contributed by atoms with Crippen LogP contribution in [-0.4, -0.2) is 31.2 Å². The number of hydrogen-bond acceptors (Lipinski definition) is 6. The van der Waals surface area contributed by atoms with Crippen molar-refractivity contribution in [3.8, 4) is 0 Å². The minimum absolute atomic E-state index is 0.308. The van der Waals surface area contributed by atoms with Crippen molar-refractivity contribution < 1.29 is 14.3 Å². The summed E-state index contributed by atoms with van der Waals surface area (Å²) in [5, 5.41) is 20.7. The van der Waals surface area contributed by atoms with Crippen molar-refractivity contribution in [2.75, 3.05) is 5.32 Å². The van der Waals surface area contributed by atoms with E-state index in [1.807, 2.05) is 0 Å². The molecule has 5 rings (SSSR count). The molecule has 3 aromatic heterocycles. The van der Waals surface area contributed by atoms with E-state index < -0.39 is 11.8 Å². The van der Waals surface area contributed by atoms with Crippen LogP contribution in [0, 0.1) is 11.7 Å². The third-order valence-electron chi connectivity index (χ3n) is 4.98. The molecule has 1 atom stereocenters. The number of nitrogens with one attached hydrogen (secondary N) is 2. The molecule has 0 saturated carbocycles. The van der Waals surface area contributed by atoms with Gasteiger partial charge in [-0.25, -0.2) is 14.4 Å². The number of halogens is 1. The Balaban J connectivity index is 1.59. The van der Waals surface area contributed by atoms with E-state index in [9.17, 15) is 14.3 Å². The molecule has 0 saturated heterocycles. The van der Waals surface area contributed by atoms with Crippen LogP contribution in [0.15, 0.2) is 24.7 Å². The van der Waals surface area contributed by atoms with Crippen molar-refractivity contribution in [1.29, 1.82) is 0 Å². The number of aryl methyl sites for hydroxylation is 1. The molecule has 1 aliphatic carbocycles. The molecule has 136 valence electrons. The maximum absolute atomic E-state index is 14.5. The number of thiophene rings is 1. The van der Waals surface area contributed by atoms with Gasteiger partial charge in [-0.15, -0.1) is 11.3 Å². The number of H-pyrrole nitrogens is 1. The molecule has 0 amide bonds. The van der Waals surface area contributed by atoms with Crippen LogP contribution in [0.25, 0.3) is 21.1 Å². The fraction of sp³-hybridized carbons (Fsp3) is 0.222. The normalized spacial score (nSPS) is 16.6. The van der Waals surface area contributed by atoms with Crippen LogP contribution in [0.4, 0.5) is 15.9 Å². The molecule has 1 aromatic carbocycles. The Bertz CT molecular complexity index is 1200. The number of benzene rings is 1. The van der Waals surface area contributed by atoms with Gasteiger partial charge in [-0.05, 0) is 30.9 Å². The Morgan fingerprint density at radius 3 is 3.11 bits per heavy atom. The van der Waals surface area contributed by atoms with E-state index >= 15 is 0 Å². The molecule has 0 aliphatic heterocycles. The number of anilines is 2. The van der Waals surface area contributed by atoms with E-state index in [0.717, 1.165) is 26.0 Å². The summed E-state index contributed by atoms with van der Waals surface area (Å²) in [7, 11) is 0. The summed E-state index contributed by atoms with van der Waals surface area (Å²) in [6.07, 6.45) is 4.81. The molecule has 1 unspecified atom stereocenters. The van der Waals surface area contributed by atoms with Crippen molar-refractivity contribution in [1.82, 2.24) is 20.2 Å². The zero-order valence-corrected chi connectivity index (χ0v) is 14.8. The average molecular weight is 383 g/mol. The summed E-state index contributed by atoms with van der Waals surface area (Å²) in [6, 6.07) is 3.07. The minimum atomic E-state index is -0.766. The second-order valence-electron chi connectivity index (χ2n) is 6.60. The number of aromatic amines is 1. The number of nitrogens with zero attached hydrogens (tertiary/aromatic N) is 3. The molecule has 3 N–H and O–H groups in total. The Morgan fingerprint density at radius 2 is 2.26 bits per heavy atom. The van der Waals surface area contributed by atoms with Crippen LogP contribution < -0.4 is 5.32 Å². The predicted molar refractivity (Wildman–Crippen MR) is 99.9 cm³/mol. The topological polar surface area (TPSA) is 104 Å². The third-order valence-corrected chi connectivity index (χ3v) is 6.14. The van der Waals surface area contributed by atoms with Gasteiger partial charge in [0.2, 0.25) is 0 Å². The number of rotatable bonds is 3. The minimum Gasteiger partial charge on any atom is -0.481 e. The summed E-state index contributed by atoms with van der Waals surface area (Å²) in [5.41, 5.74) is 2.00. The standard InChI is InChI=1S/C18H14FN5O2S/c19-11-5-12-9(6-22-24-12)3-13(11)23-16-15-10-2-1-8(18(25)26)4-14(10)27-17(15)21-7-20-16/h3,5-8H,1-2,4H2,(H,22,24)(H,25,26)(H,20,21,23). The van der Waals surface area contributed by atoms with Gasteiger partial charge < -0.3 is 10.4 Å². The number of carboxylic acids is 1. The first kappa shape index (κ1) is 16.1. The summed E-state index contributed by atoms with van der Waals surface area (Å²) < 4.78 is 14.5. The first-order valence-corrected chi connectivity index (χ1v) is 9.29. The van der Waals surface area contributed by atoms with Gasteiger partial charge >= 0.3 is 5.97 Å². The van der Waals surface area contributed by atoms with Crippen molar-refractivity contribution in [3.63, 3.8) is 0 Å². The fourth-order valence-corrected chi connectivity index (χ4v) is 4.87. The number of carboxylic acid groups (broad SMARTS) is 1. The summed E-state index contributed by atoms with van der Waals surface area (Å²) in [5.74, 6) is -1.00. The summed E-state index contributed by atoms with van der Waals surface area (Å²) in [6.45, 7) is 0. The summed E-state index contributed by atoms with van der Waals surface area (Å²) in [4.78, 5) is 21.8. The SMILES string of the molecule is O=C(O)C1CCc2c(sc3ncnc(Nc4cc5cn[nH]c5cc4F)c23)C1. The molecule has 0 fully saturated rings. The molecule has 27 heavy (non-hydrogen) atoms. The molecular formula is C18H14FN5O2S. The predicted octanol–water partition coefficient (Wildman–Crippen LogP) is 3.64. The maximum Gasteiger partial charge on any atom is 0.306 e. The Hall–Kier alpha value is -3.07. The lowest BCUT2D eigenvalue weighted by Crippen LogP contribution is -2.21. The average Bonchev–Trinajstić information content (AvgIpc) is 3.25. The van der Waals surface area contributed by atoms with Crippen LogP contribution in [0.5, 0.6) is 0 Å². The van der Waals surface area contributed by atoms with Gasteiger partial charge in [-0.1, -0.05) is 0 Å². The van der Waals surface area contributed by atoms with Gasteiger partial charge in [0, 0.05) is 16.3 Å². The van der Waals surface area contributed by atoms with E-state index in [2.05, 4.69) is 25.5 Å². The molecule has 0 bridgehead atoms. The maximum atomic E-state index is 14.5. The highest BCUT2D eigenvalue weighted by atomic mass is 32.1. The van der Waals surface area contributed by atoms with Gasteiger partial charge in [-0.3, -0.25) is 9.89 Å². The first-order valence-electron chi connectivity index (χ1n) is 8.48. The van der Waals surface area contributed by atoms with E-state index in [4.69, 9.17) is 0 Å². The Kier molecular flexibility index (Phi) is 3.57.